The number of carboxylic acid groups (broad SMARTS) is 1. The summed E-state index contributed by atoms with van der Waals surface area (Å²) in [5, 5.41) is 12.1. The predicted octanol–water partition coefficient (Wildman–Crippen LogP) is 1.33. The lowest BCUT2D eigenvalue weighted by molar-refractivity contribution is -0.158. The number of ether oxygens (including phenoxy) is 1. The van der Waals surface area contributed by atoms with Gasteiger partial charge >= 0.3 is 11.9 Å². The van der Waals surface area contributed by atoms with Crippen LogP contribution >= 0.6 is 0 Å². The molecule has 8 heteroatoms. The molecule has 2 fully saturated rings. The van der Waals surface area contributed by atoms with Gasteiger partial charge < -0.3 is 20.1 Å². The van der Waals surface area contributed by atoms with E-state index in [9.17, 15) is 24.3 Å². The molecule has 27 heavy (non-hydrogen) atoms. The first-order chi connectivity index (χ1) is 13.0. The van der Waals surface area contributed by atoms with Crippen LogP contribution in [0.15, 0.2) is 0 Å². The second-order valence-electron chi connectivity index (χ2n) is 7.31. The van der Waals surface area contributed by atoms with Gasteiger partial charge in [-0.25, -0.2) is 0 Å². The van der Waals surface area contributed by atoms with Gasteiger partial charge in [0.25, 0.3) is 0 Å². The Labute approximate surface area is 159 Å². The van der Waals surface area contributed by atoms with Crippen LogP contribution < -0.4 is 5.32 Å². The molecule has 1 saturated carbocycles. The van der Waals surface area contributed by atoms with Gasteiger partial charge in [-0.2, -0.15) is 0 Å². The molecule has 1 aliphatic heterocycles. The van der Waals surface area contributed by atoms with E-state index in [4.69, 9.17) is 4.74 Å². The summed E-state index contributed by atoms with van der Waals surface area (Å²) in [5.74, 6) is -3.56. The molecule has 0 bridgehead atoms. The van der Waals surface area contributed by atoms with E-state index >= 15 is 0 Å². The van der Waals surface area contributed by atoms with Crippen LogP contribution in [-0.4, -0.2) is 59.5 Å². The SMILES string of the molecule is CCCCCOC(=O)CC1C(=O)NCCN1C(=O)C1CCCCC1C(=O)O. The van der Waals surface area contributed by atoms with Crippen molar-refractivity contribution in [3.8, 4) is 0 Å². The van der Waals surface area contributed by atoms with Crippen molar-refractivity contribution in [3.63, 3.8) is 0 Å². The van der Waals surface area contributed by atoms with E-state index < -0.39 is 29.8 Å². The summed E-state index contributed by atoms with van der Waals surface area (Å²) >= 11 is 0. The van der Waals surface area contributed by atoms with Crippen molar-refractivity contribution in [2.45, 2.75) is 64.3 Å². The Morgan fingerprint density at radius 2 is 1.89 bits per heavy atom. The maximum Gasteiger partial charge on any atom is 0.308 e. The monoisotopic (exact) mass is 382 g/mol. The number of aliphatic carboxylic acids is 1. The molecule has 0 aromatic carbocycles. The van der Waals surface area contributed by atoms with E-state index in [2.05, 4.69) is 5.32 Å². The van der Waals surface area contributed by atoms with E-state index in [1.54, 1.807) is 0 Å². The van der Waals surface area contributed by atoms with Gasteiger partial charge in [-0.15, -0.1) is 0 Å². The summed E-state index contributed by atoms with van der Waals surface area (Å²) in [7, 11) is 0. The summed E-state index contributed by atoms with van der Waals surface area (Å²) in [6.07, 6.45) is 5.09. The first-order valence-electron chi connectivity index (χ1n) is 9.92. The van der Waals surface area contributed by atoms with Gasteiger partial charge in [-0.3, -0.25) is 19.2 Å². The Balaban J connectivity index is 2.03. The Kier molecular flexibility index (Phi) is 8.06. The van der Waals surface area contributed by atoms with Gasteiger partial charge in [0.1, 0.15) is 6.04 Å². The first kappa shape index (κ1) is 21.2. The molecule has 1 saturated heterocycles. The highest BCUT2D eigenvalue weighted by Gasteiger charge is 2.42. The summed E-state index contributed by atoms with van der Waals surface area (Å²) in [6.45, 7) is 2.93. The van der Waals surface area contributed by atoms with Gasteiger partial charge in [0, 0.05) is 13.1 Å². The number of hydrogen-bond donors (Lipinski definition) is 2. The molecule has 2 rings (SSSR count). The van der Waals surface area contributed by atoms with E-state index in [-0.39, 0.29) is 24.8 Å². The highest BCUT2D eigenvalue weighted by molar-refractivity contribution is 5.93. The Morgan fingerprint density at radius 1 is 1.19 bits per heavy atom. The zero-order chi connectivity index (χ0) is 19.8. The number of unbranched alkanes of at least 4 members (excludes halogenated alkanes) is 2. The molecule has 1 aliphatic carbocycles. The zero-order valence-electron chi connectivity index (χ0n) is 15.9. The van der Waals surface area contributed by atoms with Crippen molar-refractivity contribution < 1.29 is 29.0 Å². The molecule has 0 spiro atoms. The Morgan fingerprint density at radius 3 is 2.56 bits per heavy atom. The number of amides is 2. The maximum absolute atomic E-state index is 13.0. The number of hydrogen-bond acceptors (Lipinski definition) is 5. The minimum Gasteiger partial charge on any atom is -0.481 e. The van der Waals surface area contributed by atoms with Gasteiger partial charge in [0.2, 0.25) is 11.8 Å². The van der Waals surface area contributed by atoms with Gasteiger partial charge in [-0.1, -0.05) is 32.6 Å². The quantitative estimate of drug-likeness (QED) is 0.484. The highest BCUT2D eigenvalue weighted by atomic mass is 16.5. The second-order valence-corrected chi connectivity index (χ2v) is 7.31. The number of carbonyl (C=O) groups excluding carboxylic acids is 3. The number of piperazine rings is 1. The van der Waals surface area contributed by atoms with Crippen molar-refractivity contribution in [2.75, 3.05) is 19.7 Å². The summed E-state index contributed by atoms with van der Waals surface area (Å²) in [5.41, 5.74) is 0. The fourth-order valence-electron chi connectivity index (χ4n) is 3.87. The Hall–Kier alpha value is -2.12. The molecule has 2 aliphatic rings. The molecular formula is C19H30N2O6. The number of esters is 1. The van der Waals surface area contributed by atoms with Crippen LogP contribution in [0, 0.1) is 11.8 Å². The predicted molar refractivity (Wildman–Crippen MR) is 96.7 cm³/mol. The van der Waals surface area contributed by atoms with Crippen LogP contribution in [0.5, 0.6) is 0 Å². The molecular weight excluding hydrogens is 352 g/mol. The van der Waals surface area contributed by atoms with E-state index in [0.29, 0.717) is 26.0 Å². The summed E-state index contributed by atoms with van der Waals surface area (Å²) in [4.78, 5) is 50.3. The fraction of sp³-hybridized carbons (Fsp3) is 0.789. The zero-order valence-corrected chi connectivity index (χ0v) is 15.9. The fourth-order valence-corrected chi connectivity index (χ4v) is 3.87. The molecule has 0 radical (unpaired) electrons. The van der Waals surface area contributed by atoms with Crippen LogP contribution in [0.3, 0.4) is 0 Å². The smallest absolute Gasteiger partial charge is 0.308 e. The molecule has 0 aromatic rings. The topological polar surface area (TPSA) is 113 Å². The van der Waals surface area contributed by atoms with Gasteiger partial charge in [0.05, 0.1) is 24.9 Å². The third kappa shape index (κ3) is 5.68. The molecule has 2 amide bonds. The first-order valence-corrected chi connectivity index (χ1v) is 9.92. The van der Waals surface area contributed by atoms with Crippen molar-refractivity contribution in [3.05, 3.63) is 0 Å². The molecule has 3 atom stereocenters. The number of rotatable bonds is 8. The van der Waals surface area contributed by atoms with Crippen LogP contribution in [0.1, 0.15) is 58.3 Å². The molecule has 2 N–H and O–H groups in total. The summed E-state index contributed by atoms with van der Waals surface area (Å²) < 4.78 is 5.18. The number of nitrogens with one attached hydrogen (secondary N) is 1. The Bertz CT molecular complexity index is 564. The van der Waals surface area contributed by atoms with Crippen molar-refractivity contribution in [1.29, 1.82) is 0 Å². The van der Waals surface area contributed by atoms with Gasteiger partial charge in [0.15, 0.2) is 0 Å². The minimum atomic E-state index is -0.971. The highest BCUT2D eigenvalue weighted by Crippen LogP contribution is 2.32. The molecule has 1 heterocycles. The lowest BCUT2D eigenvalue weighted by Gasteiger charge is -2.39. The molecule has 3 unspecified atom stereocenters. The van der Waals surface area contributed by atoms with Gasteiger partial charge in [-0.05, 0) is 19.3 Å². The second kappa shape index (κ2) is 10.3. The molecule has 0 aromatic heterocycles. The number of nitrogens with zero attached hydrogens (tertiary/aromatic N) is 1. The average Bonchev–Trinajstić information content (AvgIpc) is 2.66. The largest absolute Gasteiger partial charge is 0.481 e. The number of carbonyl (C=O) groups is 4. The van der Waals surface area contributed by atoms with Crippen molar-refractivity contribution in [1.82, 2.24) is 10.2 Å². The standard InChI is InChI=1S/C19H30N2O6/c1-2-3-6-11-27-16(22)12-15-17(23)20-9-10-21(15)18(24)13-7-4-5-8-14(13)19(25)26/h13-15H,2-12H2,1H3,(H,20,23)(H,25,26). The lowest BCUT2D eigenvalue weighted by atomic mass is 9.78. The summed E-state index contributed by atoms with van der Waals surface area (Å²) in [6, 6.07) is -0.929. The number of carboxylic acids is 1. The minimum absolute atomic E-state index is 0.200. The van der Waals surface area contributed by atoms with Crippen LogP contribution in [0.2, 0.25) is 0 Å². The normalized spacial score (nSPS) is 25.6. The van der Waals surface area contributed by atoms with E-state index in [0.717, 1.165) is 32.1 Å². The van der Waals surface area contributed by atoms with Crippen LogP contribution in [0.4, 0.5) is 0 Å². The third-order valence-electron chi connectivity index (χ3n) is 5.39. The molecule has 152 valence electrons. The van der Waals surface area contributed by atoms with E-state index in [1.807, 2.05) is 6.92 Å². The maximum atomic E-state index is 13.0. The molecule has 8 nitrogen and oxygen atoms in total. The van der Waals surface area contributed by atoms with Crippen molar-refractivity contribution in [2.24, 2.45) is 11.8 Å². The lowest BCUT2D eigenvalue weighted by Crippen LogP contribution is -2.59. The van der Waals surface area contributed by atoms with E-state index in [1.165, 1.54) is 4.90 Å². The average molecular weight is 382 g/mol. The van der Waals surface area contributed by atoms with Crippen LogP contribution in [0.25, 0.3) is 0 Å². The van der Waals surface area contributed by atoms with Crippen LogP contribution in [-0.2, 0) is 23.9 Å². The van der Waals surface area contributed by atoms with Crippen molar-refractivity contribution >= 4 is 23.8 Å². The third-order valence-corrected chi connectivity index (χ3v) is 5.39.